The average molecular weight is 295 g/mol. The molecule has 4 heteroatoms. The number of aromatic nitrogens is 1. The fraction of sp³-hybridized carbons (Fsp3) is 0.167. The topological polar surface area (TPSA) is 44.5 Å². The zero-order valence-electron chi connectivity index (χ0n) is 12.6. The summed E-state index contributed by atoms with van der Waals surface area (Å²) in [5.41, 5.74) is 1.20. The minimum Gasteiger partial charge on any atom is -0.485 e. The molecule has 0 bridgehead atoms. The van der Waals surface area contributed by atoms with E-state index in [9.17, 15) is 0 Å². The second-order valence-corrected chi connectivity index (χ2v) is 5.02. The van der Waals surface area contributed by atoms with Crippen LogP contribution in [0.15, 0.2) is 59.1 Å². The molecular weight excluding hydrogens is 278 g/mol. The number of ether oxygens (including phenoxy) is 2. The maximum absolute atomic E-state index is 5.81. The quantitative estimate of drug-likeness (QED) is 0.686. The number of hydrogen-bond donors (Lipinski definition) is 0. The monoisotopic (exact) mass is 295 g/mol. The molecule has 3 aromatic rings. The molecule has 3 rings (SSSR count). The molecule has 0 fully saturated rings. The van der Waals surface area contributed by atoms with Crippen LogP contribution in [0.3, 0.4) is 0 Å². The van der Waals surface area contributed by atoms with Crippen LogP contribution >= 0.6 is 0 Å². The molecule has 0 unspecified atom stereocenters. The van der Waals surface area contributed by atoms with Gasteiger partial charge in [0.15, 0.2) is 11.7 Å². The molecule has 4 nitrogen and oxygen atoms in total. The molecule has 0 aliphatic rings. The molecule has 0 atom stereocenters. The highest BCUT2D eigenvalue weighted by Gasteiger charge is 2.03. The Morgan fingerprint density at radius 3 is 2.45 bits per heavy atom. The fourth-order valence-corrected chi connectivity index (χ4v) is 2.00. The molecule has 1 heterocycles. The molecule has 2 aromatic carbocycles. The van der Waals surface area contributed by atoms with Gasteiger partial charge in [-0.05, 0) is 31.2 Å². The summed E-state index contributed by atoms with van der Waals surface area (Å²) in [6, 6.07) is 15.4. The van der Waals surface area contributed by atoms with Crippen molar-refractivity contribution in [3.8, 4) is 17.2 Å². The highest BCUT2D eigenvalue weighted by molar-refractivity contribution is 5.37. The Labute approximate surface area is 129 Å². The van der Waals surface area contributed by atoms with Crippen LogP contribution in [0.1, 0.15) is 17.2 Å². The van der Waals surface area contributed by atoms with E-state index in [1.165, 1.54) is 5.56 Å². The molecule has 112 valence electrons. The van der Waals surface area contributed by atoms with Gasteiger partial charge in [-0.25, -0.2) is 4.98 Å². The van der Waals surface area contributed by atoms with E-state index in [-0.39, 0.29) is 0 Å². The summed E-state index contributed by atoms with van der Waals surface area (Å²) in [4.78, 5) is 4.04. The van der Waals surface area contributed by atoms with E-state index in [0.717, 1.165) is 17.2 Å². The van der Waals surface area contributed by atoms with Gasteiger partial charge in [-0.15, -0.1) is 0 Å². The normalized spacial score (nSPS) is 10.5. The van der Waals surface area contributed by atoms with Crippen LogP contribution in [0.4, 0.5) is 0 Å². The van der Waals surface area contributed by atoms with Gasteiger partial charge in [0, 0.05) is 13.0 Å². The zero-order chi connectivity index (χ0) is 15.4. The highest BCUT2D eigenvalue weighted by Crippen LogP contribution is 2.26. The Bertz CT molecular complexity index is 747. The van der Waals surface area contributed by atoms with Crippen molar-refractivity contribution in [3.05, 3.63) is 71.9 Å². The Morgan fingerprint density at radius 1 is 0.955 bits per heavy atom. The number of hydrogen-bond acceptors (Lipinski definition) is 4. The van der Waals surface area contributed by atoms with E-state index in [1.807, 2.05) is 55.5 Å². The van der Waals surface area contributed by atoms with Gasteiger partial charge in [-0.2, -0.15) is 0 Å². The molecule has 22 heavy (non-hydrogen) atoms. The molecule has 0 aliphatic carbocycles. The third kappa shape index (κ3) is 3.67. The number of aryl methyl sites for hydroxylation is 2. The Hall–Kier alpha value is -2.75. The average Bonchev–Trinajstić information content (AvgIpc) is 2.94. The van der Waals surface area contributed by atoms with E-state index < -0.39 is 0 Å². The maximum Gasteiger partial charge on any atom is 0.191 e. The number of nitrogens with zero attached hydrogens (tertiary/aromatic N) is 1. The smallest absolute Gasteiger partial charge is 0.191 e. The van der Waals surface area contributed by atoms with Crippen LogP contribution in [-0.4, -0.2) is 4.98 Å². The van der Waals surface area contributed by atoms with Crippen LogP contribution in [0.5, 0.6) is 17.2 Å². The number of rotatable bonds is 5. The van der Waals surface area contributed by atoms with Crippen LogP contribution in [-0.2, 0) is 6.61 Å². The zero-order valence-corrected chi connectivity index (χ0v) is 12.6. The molecule has 0 saturated heterocycles. The third-order valence-corrected chi connectivity index (χ3v) is 3.11. The standard InChI is InChI=1S/C18H17NO3/c1-13-6-8-15(9-7-13)22-17-5-3-4-16(10-17)20-12-18-11-19-14(2)21-18/h3-11H,12H2,1-2H3. The molecule has 0 N–H and O–H groups in total. The van der Waals surface area contributed by atoms with Gasteiger partial charge in [-0.3, -0.25) is 0 Å². The first-order chi connectivity index (χ1) is 10.7. The molecule has 0 saturated carbocycles. The molecule has 0 aliphatic heterocycles. The maximum atomic E-state index is 5.81. The minimum absolute atomic E-state index is 0.342. The lowest BCUT2D eigenvalue weighted by molar-refractivity contribution is 0.266. The van der Waals surface area contributed by atoms with Gasteiger partial charge >= 0.3 is 0 Å². The minimum atomic E-state index is 0.342. The summed E-state index contributed by atoms with van der Waals surface area (Å²) >= 11 is 0. The van der Waals surface area contributed by atoms with Crippen molar-refractivity contribution in [1.82, 2.24) is 4.98 Å². The molecule has 0 amide bonds. The second kappa shape index (κ2) is 6.35. The van der Waals surface area contributed by atoms with E-state index in [2.05, 4.69) is 4.98 Å². The fourth-order valence-electron chi connectivity index (χ4n) is 2.00. The first kappa shape index (κ1) is 14.2. The van der Waals surface area contributed by atoms with Gasteiger partial charge in [0.2, 0.25) is 0 Å². The van der Waals surface area contributed by atoms with E-state index in [4.69, 9.17) is 13.9 Å². The summed E-state index contributed by atoms with van der Waals surface area (Å²) in [5, 5.41) is 0. The van der Waals surface area contributed by atoms with Gasteiger partial charge in [0.1, 0.15) is 23.9 Å². The van der Waals surface area contributed by atoms with Crippen LogP contribution in [0, 0.1) is 13.8 Å². The lowest BCUT2D eigenvalue weighted by Gasteiger charge is -2.08. The van der Waals surface area contributed by atoms with Crippen molar-refractivity contribution < 1.29 is 13.9 Å². The SMILES string of the molecule is Cc1ccc(Oc2cccc(OCc3cnc(C)o3)c2)cc1. The third-order valence-electron chi connectivity index (χ3n) is 3.11. The van der Waals surface area contributed by atoms with Crippen molar-refractivity contribution in [3.63, 3.8) is 0 Å². The summed E-state index contributed by atoms with van der Waals surface area (Å²) < 4.78 is 16.9. The van der Waals surface area contributed by atoms with E-state index in [1.54, 1.807) is 13.1 Å². The van der Waals surface area contributed by atoms with E-state index >= 15 is 0 Å². The number of benzene rings is 2. The highest BCUT2D eigenvalue weighted by atomic mass is 16.5. The van der Waals surface area contributed by atoms with Crippen molar-refractivity contribution >= 4 is 0 Å². The molecule has 1 aromatic heterocycles. The summed E-state index contributed by atoms with van der Waals surface area (Å²) in [6.07, 6.45) is 1.67. The van der Waals surface area contributed by atoms with Crippen molar-refractivity contribution in [2.45, 2.75) is 20.5 Å². The summed E-state index contributed by atoms with van der Waals surface area (Å²) in [6.45, 7) is 4.19. The summed E-state index contributed by atoms with van der Waals surface area (Å²) in [7, 11) is 0. The van der Waals surface area contributed by atoms with Gasteiger partial charge < -0.3 is 13.9 Å². The van der Waals surface area contributed by atoms with Gasteiger partial charge in [-0.1, -0.05) is 23.8 Å². The van der Waals surface area contributed by atoms with Crippen molar-refractivity contribution in [2.75, 3.05) is 0 Å². The van der Waals surface area contributed by atoms with Gasteiger partial charge in [0.25, 0.3) is 0 Å². The van der Waals surface area contributed by atoms with Crippen LogP contribution < -0.4 is 9.47 Å². The Balaban J connectivity index is 1.65. The first-order valence-electron chi connectivity index (χ1n) is 7.08. The molecular formula is C18H17NO3. The number of oxazole rings is 1. The Morgan fingerprint density at radius 2 is 1.73 bits per heavy atom. The predicted molar refractivity (Wildman–Crippen MR) is 83.3 cm³/mol. The van der Waals surface area contributed by atoms with Crippen molar-refractivity contribution in [1.29, 1.82) is 0 Å². The second-order valence-electron chi connectivity index (χ2n) is 5.02. The lowest BCUT2D eigenvalue weighted by Crippen LogP contribution is -1.94. The van der Waals surface area contributed by atoms with Crippen LogP contribution in [0.25, 0.3) is 0 Å². The molecule has 0 spiro atoms. The Kier molecular flexibility index (Phi) is 4.10. The summed E-state index contributed by atoms with van der Waals surface area (Å²) in [5.74, 6) is 3.58. The first-order valence-corrected chi connectivity index (χ1v) is 7.08. The largest absolute Gasteiger partial charge is 0.485 e. The lowest BCUT2D eigenvalue weighted by atomic mass is 10.2. The van der Waals surface area contributed by atoms with Crippen molar-refractivity contribution in [2.24, 2.45) is 0 Å². The van der Waals surface area contributed by atoms with Crippen LogP contribution in [0.2, 0.25) is 0 Å². The van der Waals surface area contributed by atoms with E-state index in [0.29, 0.717) is 18.3 Å². The predicted octanol–water partition coefficient (Wildman–Crippen LogP) is 4.66. The molecule has 0 radical (unpaired) electrons. The van der Waals surface area contributed by atoms with Gasteiger partial charge in [0.05, 0.1) is 6.20 Å².